The standard InChI is InChI=1S/C19H15Cl2N3O2/c1-11-6-13(18-22-16(8-20)23-26-18)7-14-10-24(19(25)17(11)14)9-12-2-4-15(21)5-3-12/h2-7,10,25H,8-9H2,1H3. The second kappa shape index (κ2) is 6.67. The van der Waals surface area contributed by atoms with Crippen molar-refractivity contribution in [1.82, 2.24) is 14.7 Å². The number of fused-ring (bicyclic) bond motifs is 1. The molecule has 0 saturated carbocycles. The molecule has 2 aromatic heterocycles. The van der Waals surface area contributed by atoms with Crippen LogP contribution in [-0.2, 0) is 12.4 Å². The first-order valence-corrected chi connectivity index (χ1v) is 8.92. The number of nitrogens with zero attached hydrogens (tertiary/aromatic N) is 3. The summed E-state index contributed by atoms with van der Waals surface area (Å²) in [7, 11) is 0. The molecule has 0 fully saturated rings. The zero-order chi connectivity index (χ0) is 18.3. The molecule has 0 atom stereocenters. The minimum absolute atomic E-state index is 0.197. The molecule has 0 aliphatic rings. The summed E-state index contributed by atoms with van der Waals surface area (Å²) in [4.78, 5) is 4.26. The monoisotopic (exact) mass is 387 g/mol. The van der Waals surface area contributed by atoms with E-state index in [-0.39, 0.29) is 11.8 Å². The van der Waals surface area contributed by atoms with Crippen molar-refractivity contribution in [3.63, 3.8) is 0 Å². The van der Waals surface area contributed by atoms with Gasteiger partial charge in [-0.25, -0.2) is 0 Å². The maximum absolute atomic E-state index is 10.7. The Morgan fingerprint density at radius 2 is 1.96 bits per heavy atom. The van der Waals surface area contributed by atoms with Crippen LogP contribution >= 0.6 is 23.2 Å². The number of alkyl halides is 1. The summed E-state index contributed by atoms with van der Waals surface area (Å²) in [6.45, 7) is 2.49. The fraction of sp³-hybridized carbons (Fsp3) is 0.158. The van der Waals surface area contributed by atoms with Crippen LogP contribution in [0.2, 0.25) is 5.02 Å². The van der Waals surface area contributed by atoms with Gasteiger partial charge in [0.15, 0.2) is 11.7 Å². The molecule has 0 aliphatic carbocycles. The van der Waals surface area contributed by atoms with Gasteiger partial charge in [-0.05, 0) is 42.3 Å². The van der Waals surface area contributed by atoms with Crippen molar-refractivity contribution in [2.24, 2.45) is 0 Å². The average Bonchev–Trinajstić information content (AvgIpc) is 3.22. The number of aryl methyl sites for hydroxylation is 1. The van der Waals surface area contributed by atoms with E-state index in [4.69, 9.17) is 27.7 Å². The number of hydrogen-bond donors (Lipinski definition) is 1. The maximum atomic E-state index is 10.7. The number of aromatic hydroxyl groups is 1. The van der Waals surface area contributed by atoms with E-state index in [1.54, 1.807) is 0 Å². The summed E-state index contributed by atoms with van der Waals surface area (Å²) >= 11 is 11.7. The maximum Gasteiger partial charge on any atom is 0.257 e. The van der Waals surface area contributed by atoms with Crippen molar-refractivity contribution >= 4 is 34.0 Å². The first-order chi connectivity index (χ1) is 12.5. The highest BCUT2D eigenvalue weighted by molar-refractivity contribution is 6.30. The van der Waals surface area contributed by atoms with Crippen molar-refractivity contribution in [2.45, 2.75) is 19.3 Å². The molecule has 2 aromatic carbocycles. The molecule has 0 radical (unpaired) electrons. The largest absolute Gasteiger partial charge is 0.494 e. The number of halogens is 2. The number of hydrogen-bond acceptors (Lipinski definition) is 4. The molecule has 26 heavy (non-hydrogen) atoms. The Kier molecular flexibility index (Phi) is 4.34. The smallest absolute Gasteiger partial charge is 0.257 e. The molecule has 0 bridgehead atoms. The van der Waals surface area contributed by atoms with Crippen LogP contribution < -0.4 is 0 Å². The van der Waals surface area contributed by atoms with Crippen molar-refractivity contribution in [3.8, 4) is 17.3 Å². The van der Waals surface area contributed by atoms with E-state index in [0.29, 0.717) is 23.3 Å². The Morgan fingerprint density at radius 3 is 2.65 bits per heavy atom. The zero-order valence-corrected chi connectivity index (χ0v) is 15.4. The lowest BCUT2D eigenvalue weighted by Crippen LogP contribution is -1.96. The van der Waals surface area contributed by atoms with Crippen LogP contribution in [0.1, 0.15) is 17.0 Å². The molecule has 0 amide bonds. The molecule has 2 heterocycles. The first-order valence-electron chi connectivity index (χ1n) is 8.01. The third-order valence-electron chi connectivity index (χ3n) is 4.26. The third kappa shape index (κ3) is 3.04. The highest BCUT2D eigenvalue weighted by Crippen LogP contribution is 2.34. The number of aromatic nitrogens is 3. The van der Waals surface area contributed by atoms with Crippen LogP contribution in [-0.4, -0.2) is 19.8 Å². The first kappa shape index (κ1) is 16.9. The number of rotatable bonds is 4. The predicted octanol–water partition coefficient (Wildman–Crippen LogP) is 5.15. The van der Waals surface area contributed by atoms with Gasteiger partial charge in [0.2, 0.25) is 0 Å². The van der Waals surface area contributed by atoms with Gasteiger partial charge in [0.25, 0.3) is 5.89 Å². The summed E-state index contributed by atoms with van der Waals surface area (Å²) in [6.07, 6.45) is 1.91. The molecular formula is C19H15Cl2N3O2. The van der Waals surface area contributed by atoms with Gasteiger partial charge in [0.05, 0.1) is 12.4 Å². The van der Waals surface area contributed by atoms with E-state index in [1.807, 2.05) is 54.1 Å². The molecule has 4 rings (SSSR count). The van der Waals surface area contributed by atoms with E-state index in [2.05, 4.69) is 10.1 Å². The Morgan fingerprint density at radius 1 is 1.19 bits per heavy atom. The van der Waals surface area contributed by atoms with E-state index >= 15 is 0 Å². The molecule has 0 saturated heterocycles. The topological polar surface area (TPSA) is 64.1 Å². The van der Waals surface area contributed by atoms with Crippen LogP contribution in [0.3, 0.4) is 0 Å². The summed E-state index contributed by atoms with van der Waals surface area (Å²) < 4.78 is 7.07. The zero-order valence-electron chi connectivity index (χ0n) is 13.9. The predicted molar refractivity (Wildman–Crippen MR) is 102 cm³/mol. The van der Waals surface area contributed by atoms with Crippen molar-refractivity contribution in [3.05, 3.63) is 64.6 Å². The van der Waals surface area contributed by atoms with Crippen molar-refractivity contribution in [2.75, 3.05) is 0 Å². The van der Waals surface area contributed by atoms with Gasteiger partial charge >= 0.3 is 0 Å². The highest BCUT2D eigenvalue weighted by Gasteiger charge is 2.15. The Bertz CT molecular complexity index is 1080. The molecule has 4 aromatic rings. The lowest BCUT2D eigenvalue weighted by molar-refractivity contribution is 0.425. The highest BCUT2D eigenvalue weighted by atomic mass is 35.5. The van der Waals surface area contributed by atoms with Crippen LogP contribution in [0.4, 0.5) is 0 Å². The van der Waals surface area contributed by atoms with Crippen LogP contribution in [0.5, 0.6) is 5.88 Å². The molecule has 132 valence electrons. The van der Waals surface area contributed by atoms with Gasteiger partial charge in [-0.2, -0.15) is 4.98 Å². The summed E-state index contributed by atoms with van der Waals surface area (Å²) in [5, 5.41) is 16.9. The van der Waals surface area contributed by atoms with Crippen LogP contribution in [0.15, 0.2) is 47.1 Å². The molecular weight excluding hydrogens is 373 g/mol. The summed E-state index contributed by atoms with van der Waals surface area (Å²) in [5.74, 6) is 1.28. The lowest BCUT2D eigenvalue weighted by Gasteiger charge is -2.05. The molecule has 0 spiro atoms. The van der Waals surface area contributed by atoms with E-state index in [9.17, 15) is 5.11 Å². The van der Waals surface area contributed by atoms with Gasteiger partial charge < -0.3 is 14.2 Å². The Hall–Kier alpha value is -2.50. The molecule has 7 heteroatoms. The van der Waals surface area contributed by atoms with Crippen LogP contribution in [0, 0.1) is 6.92 Å². The Balaban J connectivity index is 1.76. The summed E-state index contributed by atoms with van der Waals surface area (Å²) in [5.41, 5.74) is 2.77. The normalized spacial score (nSPS) is 11.3. The molecule has 0 unspecified atom stereocenters. The van der Waals surface area contributed by atoms with Crippen LogP contribution in [0.25, 0.3) is 22.2 Å². The van der Waals surface area contributed by atoms with Gasteiger partial charge in [-0.15, -0.1) is 11.6 Å². The van der Waals surface area contributed by atoms with Gasteiger partial charge in [0.1, 0.15) is 0 Å². The van der Waals surface area contributed by atoms with Crippen molar-refractivity contribution < 1.29 is 9.63 Å². The summed E-state index contributed by atoms with van der Waals surface area (Å²) in [6, 6.07) is 11.4. The lowest BCUT2D eigenvalue weighted by atomic mass is 10.1. The van der Waals surface area contributed by atoms with Crippen molar-refractivity contribution in [1.29, 1.82) is 0 Å². The van der Waals surface area contributed by atoms with Gasteiger partial charge in [0, 0.05) is 27.6 Å². The third-order valence-corrected chi connectivity index (χ3v) is 4.75. The average molecular weight is 388 g/mol. The fourth-order valence-electron chi connectivity index (χ4n) is 3.05. The van der Waals surface area contributed by atoms with Gasteiger partial charge in [-0.3, -0.25) is 0 Å². The molecule has 0 aliphatic heterocycles. The minimum Gasteiger partial charge on any atom is -0.494 e. The molecule has 1 N–H and O–H groups in total. The van der Waals surface area contributed by atoms with E-state index in [0.717, 1.165) is 27.5 Å². The van der Waals surface area contributed by atoms with Gasteiger partial charge in [-0.1, -0.05) is 28.9 Å². The second-order valence-electron chi connectivity index (χ2n) is 6.11. The Labute approximate surface area is 159 Å². The number of benzene rings is 2. The van der Waals surface area contributed by atoms with E-state index < -0.39 is 0 Å². The SMILES string of the molecule is Cc1cc(-c2nc(CCl)no2)cc2cn(Cc3ccc(Cl)cc3)c(O)c12. The van der Waals surface area contributed by atoms with E-state index in [1.165, 1.54) is 0 Å². The molecule has 5 nitrogen and oxygen atoms in total. The quantitative estimate of drug-likeness (QED) is 0.492. The second-order valence-corrected chi connectivity index (χ2v) is 6.82. The fourth-order valence-corrected chi connectivity index (χ4v) is 3.28. The minimum atomic E-state index is 0.197.